The van der Waals surface area contributed by atoms with Crippen LogP contribution in [0.5, 0.6) is 11.5 Å². The zero-order valence-corrected chi connectivity index (χ0v) is 12.2. The monoisotopic (exact) mass is 303 g/mol. The first-order chi connectivity index (χ1) is 9.33. The molecule has 8 nitrogen and oxygen atoms in total. The normalized spacial score (nSPS) is 10.8. The second-order valence-corrected chi connectivity index (χ2v) is 5.78. The van der Waals surface area contributed by atoms with Crippen molar-refractivity contribution in [2.45, 2.75) is 0 Å². The van der Waals surface area contributed by atoms with Crippen molar-refractivity contribution >= 4 is 21.6 Å². The highest BCUT2D eigenvalue weighted by Gasteiger charge is 2.24. The van der Waals surface area contributed by atoms with Gasteiger partial charge in [-0.2, -0.15) is 0 Å². The number of amides is 1. The number of sulfonamides is 1. The minimum atomic E-state index is -3.70. The summed E-state index contributed by atoms with van der Waals surface area (Å²) in [6, 6.07) is 4.63. The Kier molecular flexibility index (Phi) is 5.17. The van der Waals surface area contributed by atoms with Gasteiger partial charge in [0.25, 0.3) is 5.91 Å². The number of methoxy groups -OCH3 is 2. The lowest BCUT2D eigenvalue weighted by Crippen LogP contribution is -2.42. The first-order valence-electron chi connectivity index (χ1n) is 5.52. The first-order valence-corrected chi connectivity index (χ1v) is 7.37. The number of carbonyl (C=O) groups excluding carboxylic acids is 1. The number of nitrogens with one attached hydrogen (secondary N) is 1. The lowest BCUT2D eigenvalue weighted by atomic mass is 10.2. The molecule has 0 bridgehead atoms. The van der Waals surface area contributed by atoms with Crippen LogP contribution in [0.25, 0.3) is 0 Å². The van der Waals surface area contributed by atoms with E-state index in [1.807, 2.05) is 5.43 Å². The van der Waals surface area contributed by atoms with Crippen LogP contribution in [0.15, 0.2) is 18.2 Å². The molecule has 1 amide bonds. The third kappa shape index (κ3) is 3.75. The van der Waals surface area contributed by atoms with Crippen LogP contribution in [0.3, 0.4) is 0 Å². The molecular weight excluding hydrogens is 286 g/mol. The third-order valence-corrected chi connectivity index (χ3v) is 3.63. The molecule has 0 saturated carbocycles. The standard InChI is InChI=1S/C11H17N3O5S/c1-18-8-4-5-10(19-2)9(6-8)14(20(3,16)17)7-11(15)13-12/h4-6H,7,12H2,1-3H3,(H,13,15). The Morgan fingerprint density at radius 1 is 1.35 bits per heavy atom. The predicted molar refractivity (Wildman–Crippen MR) is 74.1 cm³/mol. The summed E-state index contributed by atoms with van der Waals surface area (Å²) in [6.45, 7) is -0.459. The predicted octanol–water partition coefficient (Wildman–Crippen LogP) is -0.540. The van der Waals surface area contributed by atoms with E-state index < -0.39 is 22.5 Å². The van der Waals surface area contributed by atoms with Crippen LogP contribution < -0.4 is 25.0 Å². The summed E-state index contributed by atoms with van der Waals surface area (Å²) in [5.74, 6) is 5.06. The highest BCUT2D eigenvalue weighted by Crippen LogP contribution is 2.33. The topological polar surface area (TPSA) is 111 Å². The van der Waals surface area contributed by atoms with Crippen molar-refractivity contribution in [2.75, 3.05) is 31.3 Å². The number of hydrazine groups is 1. The van der Waals surface area contributed by atoms with Gasteiger partial charge in [0.2, 0.25) is 10.0 Å². The highest BCUT2D eigenvalue weighted by molar-refractivity contribution is 7.92. The van der Waals surface area contributed by atoms with Crippen molar-refractivity contribution in [1.29, 1.82) is 0 Å². The van der Waals surface area contributed by atoms with E-state index in [2.05, 4.69) is 0 Å². The van der Waals surface area contributed by atoms with Crippen LogP contribution in [0, 0.1) is 0 Å². The Bertz CT molecular complexity index is 588. The molecule has 0 heterocycles. The maximum absolute atomic E-state index is 11.9. The summed E-state index contributed by atoms with van der Waals surface area (Å²) in [6.07, 6.45) is 0.982. The lowest BCUT2D eigenvalue weighted by molar-refractivity contribution is -0.119. The molecular formula is C11H17N3O5S. The zero-order chi connectivity index (χ0) is 15.3. The van der Waals surface area contributed by atoms with Gasteiger partial charge in [-0.25, -0.2) is 14.3 Å². The molecule has 20 heavy (non-hydrogen) atoms. The second kappa shape index (κ2) is 6.44. The van der Waals surface area contributed by atoms with E-state index in [0.717, 1.165) is 10.6 Å². The summed E-state index contributed by atoms with van der Waals surface area (Å²) >= 11 is 0. The quantitative estimate of drug-likeness (QED) is 0.415. The van der Waals surface area contributed by atoms with Crippen molar-refractivity contribution in [3.8, 4) is 11.5 Å². The molecule has 0 radical (unpaired) electrons. The van der Waals surface area contributed by atoms with E-state index in [1.54, 1.807) is 12.1 Å². The van der Waals surface area contributed by atoms with E-state index >= 15 is 0 Å². The third-order valence-electron chi connectivity index (χ3n) is 2.50. The fourth-order valence-corrected chi connectivity index (χ4v) is 2.40. The number of carbonyl (C=O) groups is 1. The van der Waals surface area contributed by atoms with E-state index in [4.69, 9.17) is 15.3 Å². The van der Waals surface area contributed by atoms with Crippen LogP contribution in [-0.2, 0) is 14.8 Å². The second-order valence-electron chi connectivity index (χ2n) is 3.87. The maximum atomic E-state index is 11.9. The Morgan fingerprint density at radius 2 is 2.00 bits per heavy atom. The van der Waals surface area contributed by atoms with Crippen molar-refractivity contribution in [3.63, 3.8) is 0 Å². The molecule has 9 heteroatoms. The number of ether oxygens (including phenoxy) is 2. The number of nitrogens with two attached hydrogens (primary N) is 1. The van der Waals surface area contributed by atoms with E-state index in [0.29, 0.717) is 11.5 Å². The molecule has 1 rings (SSSR count). The first kappa shape index (κ1) is 16.1. The van der Waals surface area contributed by atoms with Gasteiger partial charge >= 0.3 is 0 Å². The van der Waals surface area contributed by atoms with Crippen molar-refractivity contribution < 1.29 is 22.7 Å². The fraction of sp³-hybridized carbons (Fsp3) is 0.364. The Balaban J connectivity index is 3.35. The number of hydrogen-bond acceptors (Lipinski definition) is 6. The summed E-state index contributed by atoms with van der Waals surface area (Å²) in [5.41, 5.74) is 2.08. The van der Waals surface area contributed by atoms with E-state index in [-0.39, 0.29) is 5.69 Å². The van der Waals surface area contributed by atoms with Gasteiger partial charge in [0.05, 0.1) is 26.2 Å². The van der Waals surface area contributed by atoms with Gasteiger partial charge in [-0.3, -0.25) is 14.5 Å². The zero-order valence-electron chi connectivity index (χ0n) is 11.4. The molecule has 1 aromatic rings. The fourth-order valence-electron chi connectivity index (χ4n) is 1.55. The maximum Gasteiger partial charge on any atom is 0.254 e. The molecule has 0 aliphatic heterocycles. The van der Waals surface area contributed by atoms with Crippen LogP contribution in [0.1, 0.15) is 0 Å². The van der Waals surface area contributed by atoms with Crippen LogP contribution in [0.2, 0.25) is 0 Å². The highest BCUT2D eigenvalue weighted by atomic mass is 32.2. The average molecular weight is 303 g/mol. The molecule has 0 unspecified atom stereocenters. The Morgan fingerprint density at radius 3 is 2.45 bits per heavy atom. The molecule has 0 aromatic heterocycles. The number of rotatable bonds is 6. The average Bonchev–Trinajstić information content (AvgIpc) is 2.42. The van der Waals surface area contributed by atoms with Crippen molar-refractivity contribution in [3.05, 3.63) is 18.2 Å². The SMILES string of the molecule is COc1ccc(OC)c(N(CC(=O)NN)S(C)(=O)=O)c1. The van der Waals surface area contributed by atoms with Gasteiger partial charge in [0.1, 0.15) is 18.0 Å². The minimum absolute atomic E-state index is 0.193. The number of nitrogens with zero attached hydrogens (tertiary/aromatic N) is 1. The molecule has 0 atom stereocenters. The Hall–Kier alpha value is -2.00. The molecule has 0 saturated heterocycles. The summed E-state index contributed by atoms with van der Waals surface area (Å²) in [5, 5.41) is 0. The summed E-state index contributed by atoms with van der Waals surface area (Å²) < 4.78 is 34.8. The van der Waals surface area contributed by atoms with Crippen molar-refractivity contribution in [1.82, 2.24) is 5.43 Å². The molecule has 0 aliphatic carbocycles. The van der Waals surface area contributed by atoms with Crippen LogP contribution in [0.4, 0.5) is 5.69 Å². The molecule has 0 fully saturated rings. The van der Waals surface area contributed by atoms with Gasteiger partial charge < -0.3 is 9.47 Å². The van der Waals surface area contributed by atoms with Crippen LogP contribution in [-0.4, -0.2) is 41.3 Å². The van der Waals surface area contributed by atoms with Gasteiger partial charge in [-0.15, -0.1) is 0 Å². The van der Waals surface area contributed by atoms with Gasteiger partial charge in [0, 0.05) is 6.07 Å². The molecule has 0 spiro atoms. The summed E-state index contributed by atoms with van der Waals surface area (Å²) in [7, 11) is -0.854. The van der Waals surface area contributed by atoms with Gasteiger partial charge in [-0.05, 0) is 12.1 Å². The van der Waals surface area contributed by atoms with Gasteiger partial charge in [0.15, 0.2) is 0 Å². The molecule has 3 N–H and O–H groups in total. The van der Waals surface area contributed by atoms with Crippen molar-refractivity contribution in [2.24, 2.45) is 5.84 Å². The van der Waals surface area contributed by atoms with Crippen LogP contribution >= 0.6 is 0 Å². The molecule has 0 aliphatic rings. The lowest BCUT2D eigenvalue weighted by Gasteiger charge is -2.23. The number of hydrogen-bond donors (Lipinski definition) is 2. The Labute approximate surface area is 117 Å². The van der Waals surface area contributed by atoms with E-state index in [9.17, 15) is 13.2 Å². The van der Waals surface area contributed by atoms with Gasteiger partial charge in [-0.1, -0.05) is 0 Å². The molecule has 1 aromatic carbocycles. The molecule has 112 valence electrons. The number of benzene rings is 1. The minimum Gasteiger partial charge on any atom is -0.497 e. The number of anilines is 1. The van der Waals surface area contributed by atoms with E-state index in [1.165, 1.54) is 20.3 Å². The smallest absolute Gasteiger partial charge is 0.254 e. The summed E-state index contributed by atoms with van der Waals surface area (Å²) in [4.78, 5) is 11.4. The largest absolute Gasteiger partial charge is 0.497 e.